The SMILES string of the molecule is COc1cc(OC)c2c(c1)OC1(c3ccc(O)cc3)C(c3ccccc3)C(c3nnc(CN)o3)C(O)C21O. The standard InChI is InChI=1S/C28H27N3O7/c1-35-18-12-19(36-2)24-20(13-18)38-28(16-8-10-17(32)11-9-16)23(15-6-4-3-5-7-15)22(25(33)27(24,28)34)26-31-30-21(14-29)37-26/h3-13,22-23,25,32-34H,14,29H2,1-2H3. The number of phenolic OH excluding ortho intramolecular Hbond substituents is 1. The van der Waals surface area contributed by atoms with Gasteiger partial charge in [-0.05, 0) is 23.3 Å². The van der Waals surface area contributed by atoms with Gasteiger partial charge in [0.1, 0.15) is 29.1 Å². The van der Waals surface area contributed by atoms with E-state index in [1.807, 2.05) is 30.3 Å². The zero-order valence-corrected chi connectivity index (χ0v) is 20.7. The van der Waals surface area contributed by atoms with Crippen LogP contribution in [0.5, 0.6) is 23.0 Å². The molecule has 1 aliphatic heterocycles. The smallest absolute Gasteiger partial charge is 0.230 e. The lowest BCUT2D eigenvalue weighted by Gasteiger charge is -2.40. The minimum atomic E-state index is -2.06. The van der Waals surface area contributed by atoms with E-state index in [4.69, 9.17) is 24.4 Å². The maximum absolute atomic E-state index is 12.9. The van der Waals surface area contributed by atoms with Crippen molar-refractivity contribution in [3.8, 4) is 23.0 Å². The van der Waals surface area contributed by atoms with Gasteiger partial charge in [-0.1, -0.05) is 42.5 Å². The fraction of sp³-hybridized carbons (Fsp3) is 0.286. The summed E-state index contributed by atoms with van der Waals surface area (Å²) >= 11 is 0. The van der Waals surface area contributed by atoms with Crippen LogP contribution in [-0.2, 0) is 17.7 Å². The van der Waals surface area contributed by atoms with Crippen molar-refractivity contribution in [1.82, 2.24) is 10.2 Å². The van der Waals surface area contributed by atoms with E-state index in [-0.39, 0.29) is 35.4 Å². The molecule has 5 N–H and O–H groups in total. The highest BCUT2D eigenvalue weighted by molar-refractivity contribution is 5.63. The second-order valence-corrected chi connectivity index (χ2v) is 9.45. The number of aliphatic hydroxyl groups excluding tert-OH is 1. The van der Waals surface area contributed by atoms with Crippen molar-refractivity contribution in [2.24, 2.45) is 5.73 Å². The van der Waals surface area contributed by atoms with E-state index in [9.17, 15) is 15.3 Å². The number of hydrogen-bond donors (Lipinski definition) is 4. The summed E-state index contributed by atoms with van der Waals surface area (Å²) in [4.78, 5) is 0. The molecule has 10 nitrogen and oxygen atoms in total. The molecule has 4 aromatic rings. The fourth-order valence-corrected chi connectivity index (χ4v) is 6.13. The molecule has 3 aromatic carbocycles. The number of aromatic hydroxyl groups is 1. The molecule has 38 heavy (non-hydrogen) atoms. The van der Waals surface area contributed by atoms with Gasteiger partial charge in [-0.3, -0.25) is 0 Å². The van der Waals surface area contributed by atoms with Gasteiger partial charge in [0.2, 0.25) is 11.8 Å². The Labute approximate surface area is 218 Å². The van der Waals surface area contributed by atoms with Crippen LogP contribution in [0.15, 0.2) is 71.1 Å². The summed E-state index contributed by atoms with van der Waals surface area (Å²) in [5.41, 5.74) is 3.61. The Morgan fingerprint density at radius 2 is 1.74 bits per heavy atom. The number of nitrogens with two attached hydrogens (primary N) is 1. The molecule has 2 aliphatic rings. The van der Waals surface area contributed by atoms with Gasteiger partial charge in [0.05, 0.1) is 32.2 Å². The number of nitrogens with zero attached hydrogens (tertiary/aromatic N) is 2. The molecule has 1 fully saturated rings. The predicted octanol–water partition coefficient (Wildman–Crippen LogP) is 2.67. The van der Waals surface area contributed by atoms with Gasteiger partial charge in [-0.2, -0.15) is 0 Å². The third-order valence-corrected chi connectivity index (χ3v) is 7.68. The third kappa shape index (κ3) is 3.11. The Morgan fingerprint density at radius 3 is 2.37 bits per heavy atom. The van der Waals surface area contributed by atoms with Crippen molar-refractivity contribution in [3.63, 3.8) is 0 Å². The molecule has 0 spiro atoms. The first-order valence-electron chi connectivity index (χ1n) is 12.1. The van der Waals surface area contributed by atoms with Crippen LogP contribution < -0.4 is 19.9 Å². The summed E-state index contributed by atoms with van der Waals surface area (Å²) in [6.45, 7) is 0.0200. The maximum atomic E-state index is 12.9. The lowest BCUT2D eigenvalue weighted by molar-refractivity contribution is -0.151. The molecule has 196 valence electrons. The number of hydrogen-bond acceptors (Lipinski definition) is 10. The molecule has 5 unspecified atom stereocenters. The zero-order valence-electron chi connectivity index (χ0n) is 20.7. The first-order valence-corrected chi connectivity index (χ1v) is 12.1. The van der Waals surface area contributed by atoms with Gasteiger partial charge in [-0.15, -0.1) is 10.2 Å². The summed E-state index contributed by atoms with van der Waals surface area (Å²) in [7, 11) is 2.99. The lowest BCUT2D eigenvalue weighted by Crippen LogP contribution is -2.52. The van der Waals surface area contributed by atoms with Crippen LogP contribution >= 0.6 is 0 Å². The van der Waals surface area contributed by atoms with Crippen LogP contribution in [0.3, 0.4) is 0 Å². The second kappa shape index (κ2) is 8.73. The summed E-state index contributed by atoms with van der Waals surface area (Å²) in [5.74, 6) is -0.246. The number of ether oxygens (including phenoxy) is 3. The normalized spacial score (nSPS) is 27.4. The van der Waals surface area contributed by atoms with Gasteiger partial charge < -0.3 is 39.7 Å². The molecule has 0 bridgehead atoms. The van der Waals surface area contributed by atoms with Gasteiger partial charge in [0, 0.05) is 18.1 Å². The van der Waals surface area contributed by atoms with Crippen molar-refractivity contribution < 1.29 is 33.9 Å². The summed E-state index contributed by atoms with van der Waals surface area (Å²) in [5, 5.41) is 43.3. The summed E-state index contributed by atoms with van der Waals surface area (Å²) in [6, 6.07) is 19.0. The van der Waals surface area contributed by atoms with E-state index in [0.717, 1.165) is 5.56 Å². The molecule has 5 atom stereocenters. The quantitative estimate of drug-likeness (QED) is 0.300. The summed E-state index contributed by atoms with van der Waals surface area (Å²) in [6.07, 6.45) is -1.49. The number of phenols is 1. The van der Waals surface area contributed by atoms with E-state index < -0.39 is 29.1 Å². The molecular weight excluding hydrogens is 490 g/mol. The Kier molecular flexibility index (Phi) is 5.56. The number of aromatic nitrogens is 2. The van der Waals surface area contributed by atoms with Crippen molar-refractivity contribution in [1.29, 1.82) is 0 Å². The first-order chi connectivity index (χ1) is 18.4. The highest BCUT2D eigenvalue weighted by atomic mass is 16.5. The van der Waals surface area contributed by atoms with Crippen LogP contribution in [-0.4, -0.2) is 45.8 Å². The third-order valence-electron chi connectivity index (χ3n) is 7.68. The number of rotatable bonds is 6. The fourth-order valence-electron chi connectivity index (χ4n) is 6.13. The molecule has 1 aliphatic carbocycles. The molecule has 6 rings (SSSR count). The van der Waals surface area contributed by atoms with Crippen LogP contribution in [0.2, 0.25) is 0 Å². The average molecular weight is 518 g/mol. The van der Waals surface area contributed by atoms with E-state index in [1.54, 1.807) is 24.3 Å². The van der Waals surface area contributed by atoms with E-state index >= 15 is 0 Å². The molecule has 1 aromatic heterocycles. The van der Waals surface area contributed by atoms with Crippen LogP contribution in [0, 0.1) is 0 Å². The highest BCUT2D eigenvalue weighted by Gasteiger charge is 2.78. The maximum Gasteiger partial charge on any atom is 0.230 e. The minimum absolute atomic E-state index is 0.0200. The second-order valence-electron chi connectivity index (χ2n) is 9.45. The molecule has 0 radical (unpaired) electrons. The van der Waals surface area contributed by atoms with Gasteiger partial charge in [0.15, 0.2) is 11.2 Å². The highest BCUT2D eigenvalue weighted by Crippen LogP contribution is 2.71. The van der Waals surface area contributed by atoms with E-state index in [0.29, 0.717) is 17.1 Å². The van der Waals surface area contributed by atoms with Gasteiger partial charge in [-0.25, -0.2) is 0 Å². The first kappa shape index (κ1) is 24.2. The van der Waals surface area contributed by atoms with Gasteiger partial charge in [0.25, 0.3) is 0 Å². The van der Waals surface area contributed by atoms with Crippen molar-refractivity contribution in [3.05, 3.63) is 95.2 Å². The molecule has 2 heterocycles. The topological polar surface area (TPSA) is 153 Å². The number of aliphatic hydroxyl groups is 2. The minimum Gasteiger partial charge on any atom is -0.508 e. The lowest BCUT2D eigenvalue weighted by atomic mass is 9.70. The van der Waals surface area contributed by atoms with Crippen molar-refractivity contribution in [2.45, 2.75) is 35.7 Å². The predicted molar refractivity (Wildman–Crippen MR) is 134 cm³/mol. The van der Waals surface area contributed by atoms with E-state index in [1.165, 1.54) is 26.4 Å². The van der Waals surface area contributed by atoms with Crippen molar-refractivity contribution >= 4 is 0 Å². The van der Waals surface area contributed by atoms with Crippen LogP contribution in [0.1, 0.15) is 40.3 Å². The molecule has 1 saturated carbocycles. The Morgan fingerprint density at radius 1 is 1.00 bits per heavy atom. The molecule has 0 amide bonds. The number of fused-ring (bicyclic) bond motifs is 3. The zero-order chi connectivity index (χ0) is 26.7. The number of benzene rings is 3. The van der Waals surface area contributed by atoms with Crippen LogP contribution in [0.25, 0.3) is 0 Å². The largest absolute Gasteiger partial charge is 0.508 e. The van der Waals surface area contributed by atoms with E-state index in [2.05, 4.69) is 10.2 Å². The Balaban J connectivity index is 1.71. The van der Waals surface area contributed by atoms with Gasteiger partial charge >= 0.3 is 0 Å². The average Bonchev–Trinajstić information content (AvgIpc) is 3.58. The number of methoxy groups -OCH3 is 2. The molecule has 0 saturated heterocycles. The summed E-state index contributed by atoms with van der Waals surface area (Å²) < 4.78 is 23.8. The Hall–Kier alpha value is -4.12. The molecular formula is C28H27N3O7. The Bertz CT molecular complexity index is 1480. The van der Waals surface area contributed by atoms with Crippen LogP contribution in [0.4, 0.5) is 0 Å². The molecule has 10 heteroatoms. The van der Waals surface area contributed by atoms with Crippen molar-refractivity contribution in [2.75, 3.05) is 14.2 Å². The monoisotopic (exact) mass is 517 g/mol.